The molecule has 0 radical (unpaired) electrons. The molecule has 0 spiro atoms. The second kappa shape index (κ2) is 1.95. The van der Waals surface area contributed by atoms with Gasteiger partial charge in [0.05, 0.1) is 11.4 Å². The van der Waals surface area contributed by atoms with Crippen LogP contribution in [0.5, 0.6) is 0 Å². The zero-order valence-electron chi connectivity index (χ0n) is 6.42. The van der Waals surface area contributed by atoms with E-state index in [1.54, 1.807) is 0 Å². The van der Waals surface area contributed by atoms with Gasteiger partial charge in [0.2, 0.25) is 0 Å². The van der Waals surface area contributed by atoms with Crippen LogP contribution in [0.4, 0.5) is 0 Å². The summed E-state index contributed by atoms with van der Waals surface area (Å²) in [6.45, 7) is 3.78. The van der Waals surface area contributed by atoms with Crippen LogP contribution in [0.3, 0.4) is 0 Å². The van der Waals surface area contributed by atoms with Crippen LogP contribution in [0, 0.1) is 0 Å². The molecular formula is C6H12O3S. The van der Waals surface area contributed by atoms with E-state index in [0.29, 0.717) is 0 Å². The van der Waals surface area contributed by atoms with Gasteiger partial charge in [-0.15, -0.1) is 0 Å². The van der Waals surface area contributed by atoms with Gasteiger partial charge in [-0.3, -0.25) is 0 Å². The van der Waals surface area contributed by atoms with Gasteiger partial charge in [0.1, 0.15) is 15.9 Å². The zero-order chi connectivity index (χ0) is 7.99. The van der Waals surface area contributed by atoms with Crippen molar-refractivity contribution < 1.29 is 13.2 Å². The Labute approximate surface area is 61.3 Å². The van der Waals surface area contributed by atoms with Crippen LogP contribution < -0.4 is 0 Å². The minimum Gasteiger partial charge on any atom is -0.366 e. The Morgan fingerprint density at radius 1 is 1.50 bits per heavy atom. The number of epoxide rings is 1. The highest BCUT2D eigenvalue weighted by Crippen LogP contribution is 2.35. The molecule has 0 bridgehead atoms. The summed E-state index contributed by atoms with van der Waals surface area (Å²) in [6.07, 6.45) is 1.15. The molecule has 0 unspecified atom stereocenters. The van der Waals surface area contributed by atoms with Crippen molar-refractivity contribution in [2.24, 2.45) is 0 Å². The van der Waals surface area contributed by atoms with Gasteiger partial charge in [-0.2, -0.15) is 0 Å². The lowest BCUT2D eigenvalue weighted by Gasteiger charge is -1.93. The summed E-state index contributed by atoms with van der Waals surface area (Å²) in [6, 6.07) is 0. The van der Waals surface area contributed by atoms with Crippen molar-refractivity contribution in [3.05, 3.63) is 0 Å². The summed E-state index contributed by atoms with van der Waals surface area (Å²) in [5.41, 5.74) is -0.205. The lowest BCUT2D eigenvalue weighted by Crippen LogP contribution is -2.14. The first-order valence-corrected chi connectivity index (χ1v) is 5.23. The molecule has 0 amide bonds. The molecule has 0 aromatic carbocycles. The van der Waals surface area contributed by atoms with Gasteiger partial charge in [-0.25, -0.2) is 8.42 Å². The second-order valence-electron chi connectivity index (χ2n) is 3.30. The molecule has 0 aromatic heterocycles. The van der Waals surface area contributed by atoms with Crippen LogP contribution in [0.2, 0.25) is 0 Å². The zero-order valence-corrected chi connectivity index (χ0v) is 7.23. The quantitative estimate of drug-likeness (QED) is 0.548. The largest absolute Gasteiger partial charge is 0.366 e. The van der Waals surface area contributed by atoms with Crippen LogP contribution in [0.15, 0.2) is 0 Å². The Kier molecular flexibility index (Phi) is 1.56. The summed E-state index contributed by atoms with van der Waals surface area (Å²) >= 11 is 0. The third kappa shape index (κ3) is 1.95. The standard InChI is InChI=1S/C6H12O3S/c1-6(2)5(9-6)4-10(3,7)8/h5H,4H2,1-3H3/t5-/m0/s1. The number of hydrogen-bond donors (Lipinski definition) is 0. The Balaban J connectivity index is 2.46. The molecule has 0 N–H and O–H groups in total. The third-order valence-electron chi connectivity index (χ3n) is 1.62. The molecule has 10 heavy (non-hydrogen) atoms. The highest BCUT2D eigenvalue weighted by Gasteiger charge is 2.49. The molecule has 0 aliphatic carbocycles. The molecule has 4 heteroatoms. The predicted octanol–water partition coefficient (Wildman–Crippen LogP) is 0.208. The fraction of sp³-hybridized carbons (Fsp3) is 1.00. The predicted molar refractivity (Wildman–Crippen MR) is 38.7 cm³/mol. The van der Waals surface area contributed by atoms with Crippen molar-refractivity contribution in [1.29, 1.82) is 0 Å². The average molecular weight is 164 g/mol. The van der Waals surface area contributed by atoms with Crippen molar-refractivity contribution in [2.45, 2.75) is 25.6 Å². The molecule has 1 saturated heterocycles. The average Bonchev–Trinajstić information content (AvgIpc) is 2.05. The van der Waals surface area contributed by atoms with Crippen molar-refractivity contribution in [3.63, 3.8) is 0 Å². The highest BCUT2D eigenvalue weighted by atomic mass is 32.2. The summed E-state index contributed by atoms with van der Waals surface area (Å²) in [5.74, 6) is 0.153. The molecule has 3 nitrogen and oxygen atoms in total. The number of ether oxygens (including phenoxy) is 1. The fourth-order valence-corrected chi connectivity index (χ4v) is 1.86. The summed E-state index contributed by atoms with van der Waals surface area (Å²) < 4.78 is 26.5. The van der Waals surface area contributed by atoms with Gasteiger partial charge in [0.25, 0.3) is 0 Å². The first-order chi connectivity index (χ1) is 4.31. The lowest BCUT2D eigenvalue weighted by molar-refractivity contribution is 0.328. The van der Waals surface area contributed by atoms with E-state index in [-0.39, 0.29) is 17.5 Å². The number of rotatable bonds is 2. The topological polar surface area (TPSA) is 46.7 Å². The van der Waals surface area contributed by atoms with Crippen molar-refractivity contribution in [1.82, 2.24) is 0 Å². The summed E-state index contributed by atoms with van der Waals surface area (Å²) in [7, 11) is -2.86. The van der Waals surface area contributed by atoms with E-state index in [9.17, 15) is 8.42 Å². The summed E-state index contributed by atoms with van der Waals surface area (Å²) in [5, 5.41) is 0. The first kappa shape index (κ1) is 8.01. The minimum atomic E-state index is -2.86. The molecule has 1 heterocycles. The molecule has 1 aliphatic heterocycles. The van der Waals surface area contributed by atoms with E-state index in [1.807, 2.05) is 13.8 Å². The normalized spacial score (nSPS) is 30.1. The molecule has 0 aromatic rings. The van der Waals surface area contributed by atoms with E-state index in [4.69, 9.17) is 4.74 Å². The summed E-state index contributed by atoms with van der Waals surface area (Å²) in [4.78, 5) is 0. The third-order valence-corrected chi connectivity index (χ3v) is 2.53. The molecule has 1 aliphatic rings. The Morgan fingerprint density at radius 2 is 1.90 bits per heavy atom. The SMILES string of the molecule is CC1(C)O[C@H]1CS(C)(=O)=O. The van der Waals surface area contributed by atoms with Crippen LogP contribution in [0.1, 0.15) is 13.8 Å². The number of sulfone groups is 1. The number of hydrogen-bond acceptors (Lipinski definition) is 3. The van der Waals surface area contributed by atoms with Crippen LogP contribution >= 0.6 is 0 Å². The second-order valence-corrected chi connectivity index (χ2v) is 5.49. The molecule has 1 rings (SSSR count). The highest BCUT2D eigenvalue weighted by molar-refractivity contribution is 7.90. The Morgan fingerprint density at radius 3 is 2.00 bits per heavy atom. The van der Waals surface area contributed by atoms with Crippen LogP contribution in [0.25, 0.3) is 0 Å². The maximum Gasteiger partial charge on any atom is 0.150 e. The van der Waals surface area contributed by atoms with E-state index < -0.39 is 9.84 Å². The van der Waals surface area contributed by atoms with Gasteiger partial charge < -0.3 is 4.74 Å². The van der Waals surface area contributed by atoms with Crippen molar-refractivity contribution in [2.75, 3.05) is 12.0 Å². The molecule has 60 valence electrons. The molecule has 0 saturated carbocycles. The van der Waals surface area contributed by atoms with Gasteiger partial charge in [-0.1, -0.05) is 0 Å². The van der Waals surface area contributed by atoms with E-state index in [2.05, 4.69) is 0 Å². The van der Waals surface area contributed by atoms with Gasteiger partial charge in [0, 0.05) is 6.26 Å². The van der Waals surface area contributed by atoms with E-state index >= 15 is 0 Å². The van der Waals surface area contributed by atoms with Crippen LogP contribution in [-0.4, -0.2) is 32.1 Å². The first-order valence-electron chi connectivity index (χ1n) is 3.17. The maximum atomic E-state index is 10.7. The van der Waals surface area contributed by atoms with Gasteiger partial charge >= 0.3 is 0 Å². The van der Waals surface area contributed by atoms with Gasteiger partial charge in [-0.05, 0) is 13.8 Å². The van der Waals surface area contributed by atoms with Crippen molar-refractivity contribution >= 4 is 9.84 Å². The lowest BCUT2D eigenvalue weighted by atomic mass is 10.2. The van der Waals surface area contributed by atoms with Crippen LogP contribution in [-0.2, 0) is 14.6 Å². The van der Waals surface area contributed by atoms with Crippen molar-refractivity contribution in [3.8, 4) is 0 Å². The minimum absolute atomic E-state index is 0.0810. The Hall–Kier alpha value is -0.0900. The monoisotopic (exact) mass is 164 g/mol. The van der Waals surface area contributed by atoms with Gasteiger partial charge in [0.15, 0.2) is 0 Å². The molecule has 1 fully saturated rings. The van der Waals surface area contributed by atoms with E-state index in [0.717, 1.165) is 0 Å². The molecule has 1 atom stereocenters. The molecular weight excluding hydrogens is 152 g/mol. The fourth-order valence-electron chi connectivity index (χ4n) is 0.842. The van der Waals surface area contributed by atoms with E-state index in [1.165, 1.54) is 6.26 Å². The maximum absolute atomic E-state index is 10.7. The smallest absolute Gasteiger partial charge is 0.150 e. The Bertz CT molecular complexity index is 227.